The van der Waals surface area contributed by atoms with E-state index in [9.17, 15) is 10.0 Å². The van der Waals surface area contributed by atoms with Gasteiger partial charge in [-0.3, -0.25) is 4.79 Å². The third-order valence-corrected chi connectivity index (χ3v) is 5.20. The Balaban J connectivity index is 2.04. The molecule has 130 valence electrons. The lowest BCUT2D eigenvalue weighted by Crippen LogP contribution is -2.38. The second-order valence-electron chi connectivity index (χ2n) is 6.84. The fourth-order valence-electron chi connectivity index (χ4n) is 3.89. The molecule has 26 heavy (non-hydrogen) atoms. The van der Waals surface area contributed by atoms with Gasteiger partial charge in [0.25, 0.3) is 0 Å². The molecule has 3 aromatic carbocycles. The van der Waals surface area contributed by atoms with Gasteiger partial charge in [0, 0.05) is 11.6 Å². The maximum absolute atomic E-state index is 12.8. The quantitative estimate of drug-likeness (QED) is 0.402. The summed E-state index contributed by atoms with van der Waals surface area (Å²) < 4.78 is 0. The van der Waals surface area contributed by atoms with Crippen LogP contribution in [0.4, 0.5) is 5.69 Å². The Kier molecular flexibility index (Phi) is 3.96. The molecule has 0 aliphatic carbocycles. The molecular weight excluding hydrogens is 324 g/mol. The minimum atomic E-state index is -0.555. The van der Waals surface area contributed by atoms with Gasteiger partial charge in [-0.2, -0.15) is 0 Å². The molecule has 3 aromatic rings. The Bertz CT molecular complexity index is 1020. The lowest BCUT2D eigenvalue weighted by molar-refractivity contribution is -0.118. The molecule has 2 atom stereocenters. The van der Waals surface area contributed by atoms with Crippen LogP contribution in [0.5, 0.6) is 0 Å². The molecule has 1 amide bonds. The predicted octanol–water partition coefficient (Wildman–Crippen LogP) is 4.70. The summed E-state index contributed by atoms with van der Waals surface area (Å²) in [7, 11) is 0. The molecule has 0 fully saturated rings. The van der Waals surface area contributed by atoms with Crippen LogP contribution in [0.3, 0.4) is 0 Å². The number of hydrogen-bond acceptors (Lipinski definition) is 3. The summed E-state index contributed by atoms with van der Waals surface area (Å²) in [5.74, 6) is -0.906. The monoisotopic (exact) mass is 344 g/mol. The lowest BCUT2D eigenvalue weighted by Gasteiger charge is -2.34. The van der Waals surface area contributed by atoms with Gasteiger partial charge in [0.1, 0.15) is 0 Å². The predicted molar refractivity (Wildman–Crippen MR) is 104 cm³/mol. The van der Waals surface area contributed by atoms with Crippen molar-refractivity contribution in [1.82, 2.24) is 0 Å². The van der Waals surface area contributed by atoms with Gasteiger partial charge in [0.15, 0.2) is 0 Å². The normalized spacial score (nSPS) is 19.9. The molecule has 4 heteroatoms. The van der Waals surface area contributed by atoms with Gasteiger partial charge in [0.2, 0.25) is 5.91 Å². The maximum atomic E-state index is 12.8. The first-order chi connectivity index (χ1) is 12.6. The fourth-order valence-corrected chi connectivity index (χ4v) is 3.89. The van der Waals surface area contributed by atoms with Crippen molar-refractivity contribution in [2.45, 2.75) is 19.8 Å². The number of nitrogens with one attached hydrogen (secondary N) is 1. The lowest BCUT2D eigenvalue weighted by atomic mass is 9.73. The third-order valence-electron chi connectivity index (χ3n) is 5.20. The Morgan fingerprint density at radius 3 is 2.50 bits per heavy atom. The number of amides is 1. The first-order valence-electron chi connectivity index (χ1n) is 8.68. The van der Waals surface area contributed by atoms with Crippen molar-refractivity contribution in [3.63, 3.8) is 0 Å². The van der Waals surface area contributed by atoms with Crippen LogP contribution in [0.2, 0.25) is 0 Å². The molecule has 0 bridgehead atoms. The molecule has 0 aromatic heterocycles. The number of anilines is 1. The number of nitrogens with zero attached hydrogens (tertiary/aromatic N) is 1. The topological polar surface area (TPSA) is 61.7 Å². The van der Waals surface area contributed by atoms with Crippen LogP contribution in [-0.4, -0.2) is 16.8 Å². The van der Waals surface area contributed by atoms with Gasteiger partial charge in [-0.05, 0) is 41.8 Å². The zero-order valence-electron chi connectivity index (χ0n) is 14.7. The van der Waals surface area contributed by atoms with Gasteiger partial charge in [0.05, 0.1) is 11.6 Å². The number of carbonyl (C=O) groups excluding carboxylic acids is 1. The van der Waals surface area contributed by atoms with Crippen molar-refractivity contribution in [2.24, 2.45) is 11.1 Å². The van der Waals surface area contributed by atoms with Gasteiger partial charge in [-0.25, -0.2) is 0 Å². The van der Waals surface area contributed by atoms with E-state index in [0.717, 1.165) is 33.2 Å². The molecule has 2 N–H and O–H groups in total. The molecule has 4 nitrogen and oxygen atoms in total. The highest BCUT2D eigenvalue weighted by Gasteiger charge is 2.39. The van der Waals surface area contributed by atoms with E-state index in [-0.39, 0.29) is 11.8 Å². The minimum Gasteiger partial charge on any atom is -0.411 e. The minimum absolute atomic E-state index is 0.145. The molecular formula is C22H20N2O2. The highest BCUT2D eigenvalue weighted by molar-refractivity contribution is 6.13. The van der Waals surface area contributed by atoms with Crippen molar-refractivity contribution >= 4 is 28.1 Å². The fraction of sp³-hybridized carbons (Fsp3) is 0.182. The Labute approximate surface area is 152 Å². The SMILES string of the molecule is C/C(=N\O)[C@H]1C(=O)Nc2ccc3ccccc3c2[C@@H]1c1ccc(C)cc1. The molecule has 0 radical (unpaired) electrons. The van der Waals surface area contributed by atoms with Gasteiger partial charge >= 0.3 is 0 Å². The van der Waals surface area contributed by atoms with Crippen molar-refractivity contribution in [2.75, 3.05) is 5.32 Å². The van der Waals surface area contributed by atoms with Crippen LogP contribution in [0.1, 0.15) is 29.5 Å². The number of fused-ring (bicyclic) bond motifs is 3. The molecule has 1 heterocycles. The van der Waals surface area contributed by atoms with E-state index in [1.54, 1.807) is 6.92 Å². The molecule has 0 unspecified atom stereocenters. The summed E-state index contributed by atoms with van der Waals surface area (Å²) in [5, 5.41) is 18.0. The van der Waals surface area contributed by atoms with Crippen LogP contribution < -0.4 is 5.32 Å². The van der Waals surface area contributed by atoms with E-state index in [0.29, 0.717) is 5.71 Å². The maximum Gasteiger partial charge on any atom is 0.234 e. The van der Waals surface area contributed by atoms with Crippen molar-refractivity contribution in [3.05, 3.63) is 77.4 Å². The second-order valence-corrected chi connectivity index (χ2v) is 6.84. The molecule has 4 rings (SSSR count). The van der Waals surface area contributed by atoms with E-state index in [1.807, 2.05) is 31.2 Å². The first-order valence-corrected chi connectivity index (χ1v) is 8.68. The molecule has 0 saturated carbocycles. The van der Waals surface area contributed by atoms with Crippen LogP contribution in [0.25, 0.3) is 10.8 Å². The Morgan fingerprint density at radius 2 is 1.77 bits per heavy atom. The summed E-state index contributed by atoms with van der Waals surface area (Å²) in [6, 6.07) is 20.4. The van der Waals surface area contributed by atoms with E-state index in [1.165, 1.54) is 0 Å². The molecule has 1 aliphatic heterocycles. The average Bonchev–Trinajstić information content (AvgIpc) is 2.67. The zero-order valence-corrected chi connectivity index (χ0v) is 14.7. The highest BCUT2D eigenvalue weighted by Crippen LogP contribution is 2.44. The first kappa shape index (κ1) is 16.3. The van der Waals surface area contributed by atoms with Gasteiger partial charge < -0.3 is 10.5 Å². The highest BCUT2D eigenvalue weighted by atomic mass is 16.4. The average molecular weight is 344 g/mol. The van der Waals surface area contributed by atoms with Crippen molar-refractivity contribution in [1.29, 1.82) is 0 Å². The number of carbonyl (C=O) groups is 1. The number of hydrogen-bond donors (Lipinski definition) is 2. The zero-order chi connectivity index (χ0) is 18.3. The summed E-state index contributed by atoms with van der Waals surface area (Å²) in [6.45, 7) is 3.74. The Hall–Kier alpha value is -3.14. The van der Waals surface area contributed by atoms with Crippen molar-refractivity contribution in [3.8, 4) is 0 Å². The summed E-state index contributed by atoms with van der Waals surface area (Å²) >= 11 is 0. The molecule has 0 saturated heterocycles. The van der Waals surface area contributed by atoms with E-state index in [4.69, 9.17) is 0 Å². The van der Waals surface area contributed by atoms with Crippen LogP contribution >= 0.6 is 0 Å². The van der Waals surface area contributed by atoms with Gasteiger partial charge in [-0.1, -0.05) is 65.3 Å². The second kappa shape index (κ2) is 6.30. The number of oxime groups is 1. The number of rotatable bonds is 2. The molecule has 0 spiro atoms. The largest absolute Gasteiger partial charge is 0.411 e. The van der Waals surface area contributed by atoms with Crippen molar-refractivity contribution < 1.29 is 10.0 Å². The number of aryl methyl sites for hydroxylation is 1. The summed E-state index contributed by atoms with van der Waals surface area (Å²) in [5.41, 5.74) is 4.50. The van der Waals surface area contributed by atoms with Crippen LogP contribution in [0, 0.1) is 12.8 Å². The number of benzene rings is 3. The van der Waals surface area contributed by atoms with Gasteiger partial charge in [-0.15, -0.1) is 0 Å². The van der Waals surface area contributed by atoms with E-state index < -0.39 is 5.92 Å². The van der Waals surface area contributed by atoms with E-state index in [2.05, 4.69) is 46.9 Å². The van der Waals surface area contributed by atoms with E-state index >= 15 is 0 Å². The summed E-state index contributed by atoms with van der Waals surface area (Å²) in [6.07, 6.45) is 0. The smallest absolute Gasteiger partial charge is 0.234 e. The van der Waals surface area contributed by atoms with Crippen LogP contribution in [-0.2, 0) is 4.79 Å². The molecule has 1 aliphatic rings. The summed E-state index contributed by atoms with van der Waals surface area (Å²) in [4.78, 5) is 12.8. The van der Waals surface area contributed by atoms with Crippen LogP contribution in [0.15, 0.2) is 65.8 Å². The standard InChI is InChI=1S/C22H20N2O2/c1-13-7-9-16(10-8-13)20-19(14(2)24-26)22(25)23-18-12-11-15-5-3-4-6-17(15)21(18)20/h3-12,19-20,26H,1-2H3,(H,23,25)/b24-14+/t19-,20-/m1/s1. The Morgan fingerprint density at radius 1 is 1.04 bits per heavy atom. The third kappa shape index (κ3) is 2.54.